The van der Waals surface area contributed by atoms with Crippen molar-refractivity contribution < 1.29 is 9.90 Å². The summed E-state index contributed by atoms with van der Waals surface area (Å²) in [5, 5.41) is 11.8. The Hall–Kier alpha value is -2.20. The Bertz CT molecular complexity index is 565. The number of aliphatic hydroxyl groups is 1. The summed E-state index contributed by atoms with van der Waals surface area (Å²) < 4.78 is 0. The van der Waals surface area contributed by atoms with E-state index in [0.717, 1.165) is 16.8 Å². The van der Waals surface area contributed by atoms with Crippen molar-refractivity contribution in [2.75, 3.05) is 0 Å². The Morgan fingerprint density at radius 3 is 2.53 bits per heavy atom. The van der Waals surface area contributed by atoms with Gasteiger partial charge < -0.3 is 10.4 Å². The van der Waals surface area contributed by atoms with Gasteiger partial charge in [0.25, 0.3) is 5.91 Å². The molecule has 0 aliphatic carbocycles. The quantitative estimate of drug-likeness (QED) is 0.877. The molecule has 0 unspecified atom stereocenters. The fraction of sp³-hybridized carbons (Fsp3) is 0.200. The van der Waals surface area contributed by atoms with E-state index >= 15 is 0 Å². The van der Waals surface area contributed by atoms with Crippen LogP contribution in [0.2, 0.25) is 0 Å². The van der Waals surface area contributed by atoms with Crippen molar-refractivity contribution in [3.63, 3.8) is 0 Å². The van der Waals surface area contributed by atoms with Crippen LogP contribution in [0.15, 0.2) is 42.6 Å². The van der Waals surface area contributed by atoms with Crippen LogP contribution in [-0.4, -0.2) is 16.0 Å². The second-order valence-corrected chi connectivity index (χ2v) is 4.29. The van der Waals surface area contributed by atoms with E-state index in [2.05, 4.69) is 10.3 Å². The van der Waals surface area contributed by atoms with Gasteiger partial charge in [-0.15, -0.1) is 0 Å². The lowest BCUT2D eigenvalue weighted by Crippen LogP contribution is -2.23. The lowest BCUT2D eigenvalue weighted by Gasteiger charge is -2.07. The molecule has 1 aromatic heterocycles. The van der Waals surface area contributed by atoms with E-state index in [1.807, 2.05) is 31.2 Å². The molecule has 0 aliphatic heterocycles. The highest BCUT2D eigenvalue weighted by molar-refractivity contribution is 5.95. The fourth-order valence-electron chi connectivity index (χ4n) is 1.76. The van der Waals surface area contributed by atoms with E-state index < -0.39 is 0 Å². The van der Waals surface area contributed by atoms with Crippen LogP contribution in [0.25, 0.3) is 0 Å². The number of aliphatic hydroxyl groups excluding tert-OH is 1. The first kappa shape index (κ1) is 13.2. The minimum absolute atomic E-state index is 0.0293. The Morgan fingerprint density at radius 2 is 1.89 bits per heavy atom. The highest BCUT2D eigenvalue weighted by Crippen LogP contribution is 2.06. The first-order valence-electron chi connectivity index (χ1n) is 6.09. The number of aromatic nitrogens is 1. The Morgan fingerprint density at radius 1 is 1.21 bits per heavy atom. The van der Waals surface area contributed by atoms with Crippen molar-refractivity contribution >= 4 is 5.91 Å². The predicted molar refractivity (Wildman–Crippen MR) is 72.5 cm³/mol. The summed E-state index contributed by atoms with van der Waals surface area (Å²) in [5.41, 5.74) is 3.16. The molecule has 98 valence electrons. The van der Waals surface area contributed by atoms with Crippen molar-refractivity contribution in [1.29, 1.82) is 0 Å². The zero-order chi connectivity index (χ0) is 13.7. The van der Waals surface area contributed by atoms with Gasteiger partial charge >= 0.3 is 0 Å². The second-order valence-electron chi connectivity index (χ2n) is 4.29. The van der Waals surface area contributed by atoms with E-state index in [-0.39, 0.29) is 12.5 Å². The molecule has 0 spiro atoms. The summed E-state index contributed by atoms with van der Waals surface area (Å²) in [6, 6.07) is 11.0. The SMILES string of the molecule is Cc1ncccc1C(=O)NCc1ccc(CO)cc1. The largest absolute Gasteiger partial charge is 0.392 e. The third-order valence-corrected chi connectivity index (χ3v) is 2.91. The van der Waals surface area contributed by atoms with Gasteiger partial charge in [-0.25, -0.2) is 0 Å². The molecule has 4 heteroatoms. The maximum atomic E-state index is 12.0. The third-order valence-electron chi connectivity index (χ3n) is 2.91. The molecular weight excluding hydrogens is 240 g/mol. The van der Waals surface area contributed by atoms with Crippen LogP contribution < -0.4 is 5.32 Å². The van der Waals surface area contributed by atoms with E-state index in [0.29, 0.717) is 12.1 Å². The Labute approximate surface area is 112 Å². The van der Waals surface area contributed by atoms with Gasteiger partial charge in [-0.3, -0.25) is 9.78 Å². The molecule has 0 radical (unpaired) electrons. The maximum Gasteiger partial charge on any atom is 0.253 e. The zero-order valence-electron chi connectivity index (χ0n) is 10.8. The minimum atomic E-state index is -0.128. The van der Waals surface area contributed by atoms with Crippen molar-refractivity contribution in [2.24, 2.45) is 0 Å². The van der Waals surface area contributed by atoms with Gasteiger partial charge in [0, 0.05) is 18.4 Å². The predicted octanol–water partition coefficient (Wildman–Crippen LogP) is 1.81. The number of pyridine rings is 1. The first-order valence-corrected chi connectivity index (χ1v) is 6.09. The number of carbonyl (C=O) groups excluding carboxylic acids is 1. The average Bonchev–Trinajstić information content (AvgIpc) is 2.46. The van der Waals surface area contributed by atoms with E-state index in [1.165, 1.54) is 0 Å². The molecule has 0 bridgehead atoms. The molecule has 2 rings (SSSR count). The number of nitrogens with zero attached hydrogens (tertiary/aromatic N) is 1. The highest BCUT2D eigenvalue weighted by Gasteiger charge is 2.08. The smallest absolute Gasteiger partial charge is 0.253 e. The lowest BCUT2D eigenvalue weighted by atomic mass is 10.1. The Balaban J connectivity index is 1.98. The van der Waals surface area contributed by atoms with Crippen molar-refractivity contribution in [3.05, 3.63) is 65.0 Å². The highest BCUT2D eigenvalue weighted by atomic mass is 16.3. The van der Waals surface area contributed by atoms with Crippen LogP contribution in [0, 0.1) is 6.92 Å². The molecule has 1 heterocycles. The number of amides is 1. The van der Waals surface area contributed by atoms with Gasteiger partial charge in [0.1, 0.15) is 0 Å². The van der Waals surface area contributed by atoms with Gasteiger partial charge in [0.15, 0.2) is 0 Å². The number of aryl methyl sites for hydroxylation is 1. The molecule has 2 N–H and O–H groups in total. The lowest BCUT2D eigenvalue weighted by molar-refractivity contribution is 0.0950. The normalized spacial score (nSPS) is 10.2. The monoisotopic (exact) mass is 256 g/mol. The van der Waals surface area contributed by atoms with Crippen molar-refractivity contribution in [3.8, 4) is 0 Å². The van der Waals surface area contributed by atoms with Gasteiger partial charge in [0.2, 0.25) is 0 Å². The topological polar surface area (TPSA) is 62.2 Å². The number of hydrogen-bond donors (Lipinski definition) is 2. The molecule has 0 atom stereocenters. The van der Waals surface area contributed by atoms with Crippen LogP contribution in [0.3, 0.4) is 0 Å². The van der Waals surface area contributed by atoms with E-state index in [4.69, 9.17) is 5.11 Å². The number of rotatable bonds is 4. The first-order chi connectivity index (χ1) is 9.20. The summed E-state index contributed by atoms with van der Waals surface area (Å²) in [4.78, 5) is 16.1. The van der Waals surface area contributed by atoms with Crippen LogP contribution in [-0.2, 0) is 13.2 Å². The van der Waals surface area contributed by atoms with Crippen LogP contribution >= 0.6 is 0 Å². The average molecular weight is 256 g/mol. The minimum Gasteiger partial charge on any atom is -0.392 e. The van der Waals surface area contributed by atoms with Crippen molar-refractivity contribution in [2.45, 2.75) is 20.1 Å². The van der Waals surface area contributed by atoms with Crippen LogP contribution in [0.1, 0.15) is 27.2 Å². The summed E-state index contributed by atoms with van der Waals surface area (Å²) in [5.74, 6) is -0.128. The van der Waals surface area contributed by atoms with Gasteiger partial charge in [0.05, 0.1) is 12.2 Å². The van der Waals surface area contributed by atoms with Gasteiger partial charge in [-0.2, -0.15) is 0 Å². The third kappa shape index (κ3) is 3.39. The van der Waals surface area contributed by atoms with Crippen LogP contribution in [0.4, 0.5) is 0 Å². The molecule has 19 heavy (non-hydrogen) atoms. The number of benzene rings is 1. The number of hydrogen-bond acceptors (Lipinski definition) is 3. The van der Waals surface area contributed by atoms with Crippen molar-refractivity contribution in [1.82, 2.24) is 10.3 Å². The summed E-state index contributed by atoms with van der Waals surface area (Å²) >= 11 is 0. The summed E-state index contributed by atoms with van der Waals surface area (Å²) in [6.07, 6.45) is 1.67. The van der Waals surface area contributed by atoms with Gasteiger partial charge in [-0.1, -0.05) is 24.3 Å². The van der Waals surface area contributed by atoms with Crippen LogP contribution in [0.5, 0.6) is 0 Å². The molecule has 1 aromatic carbocycles. The molecule has 0 fully saturated rings. The second kappa shape index (κ2) is 6.11. The number of carbonyl (C=O) groups is 1. The molecule has 1 amide bonds. The Kier molecular flexibility index (Phi) is 4.26. The standard InChI is InChI=1S/C15H16N2O2/c1-11-14(3-2-8-16-11)15(19)17-9-12-4-6-13(10-18)7-5-12/h2-8,18H,9-10H2,1H3,(H,17,19). The summed E-state index contributed by atoms with van der Waals surface area (Å²) in [6.45, 7) is 2.30. The molecule has 0 saturated carbocycles. The van der Waals surface area contributed by atoms with E-state index in [1.54, 1.807) is 18.3 Å². The van der Waals surface area contributed by atoms with Gasteiger partial charge in [-0.05, 0) is 30.2 Å². The summed E-state index contributed by atoms with van der Waals surface area (Å²) in [7, 11) is 0. The van der Waals surface area contributed by atoms with E-state index in [9.17, 15) is 4.79 Å². The fourth-order valence-corrected chi connectivity index (χ4v) is 1.76. The maximum absolute atomic E-state index is 12.0. The molecule has 0 saturated heterocycles. The molecular formula is C15H16N2O2. The number of nitrogens with one attached hydrogen (secondary N) is 1. The molecule has 4 nitrogen and oxygen atoms in total. The molecule has 2 aromatic rings. The zero-order valence-corrected chi connectivity index (χ0v) is 10.8. The molecule has 0 aliphatic rings.